The molecular formula is C20H29ClN2O3. The summed E-state index contributed by atoms with van der Waals surface area (Å²) in [5.74, 6) is 0.205. The lowest BCUT2D eigenvalue weighted by Crippen LogP contribution is -2.38. The fourth-order valence-electron chi connectivity index (χ4n) is 3.70. The molecule has 1 atom stereocenters. The van der Waals surface area contributed by atoms with Gasteiger partial charge in [0.1, 0.15) is 23.5 Å². The van der Waals surface area contributed by atoms with Crippen LogP contribution in [0.15, 0.2) is 6.07 Å². The van der Waals surface area contributed by atoms with Gasteiger partial charge in [-0.1, -0.05) is 31.9 Å². The molecule has 0 aliphatic carbocycles. The minimum atomic E-state index is -0.355. The van der Waals surface area contributed by atoms with Gasteiger partial charge in [0.05, 0.1) is 10.7 Å². The van der Waals surface area contributed by atoms with Gasteiger partial charge in [-0.3, -0.25) is 0 Å². The zero-order chi connectivity index (χ0) is 18.7. The summed E-state index contributed by atoms with van der Waals surface area (Å²) in [5.41, 5.74) is 7.85. The van der Waals surface area contributed by atoms with Crippen molar-refractivity contribution < 1.29 is 14.3 Å². The largest absolute Gasteiger partial charge is 0.489 e. The number of hydrogen-bond acceptors (Lipinski definition) is 5. The van der Waals surface area contributed by atoms with E-state index in [1.807, 2.05) is 0 Å². The first-order valence-corrected chi connectivity index (χ1v) is 10.1. The van der Waals surface area contributed by atoms with Crippen molar-refractivity contribution in [3.05, 3.63) is 22.2 Å². The fraction of sp³-hybridized carbons (Fsp3) is 0.650. The molecule has 26 heavy (non-hydrogen) atoms. The van der Waals surface area contributed by atoms with E-state index < -0.39 is 0 Å². The van der Waals surface area contributed by atoms with E-state index in [0.29, 0.717) is 28.4 Å². The van der Waals surface area contributed by atoms with E-state index in [-0.39, 0.29) is 18.2 Å². The normalized spacial score (nSPS) is 20.7. The number of likely N-dealkylation sites (tertiary alicyclic amines) is 1. The summed E-state index contributed by atoms with van der Waals surface area (Å²) in [6.45, 7) is 7.35. The van der Waals surface area contributed by atoms with Crippen molar-refractivity contribution in [2.45, 2.75) is 64.6 Å². The first-order chi connectivity index (χ1) is 12.5. The van der Waals surface area contributed by atoms with Gasteiger partial charge in [-0.2, -0.15) is 0 Å². The lowest BCUT2D eigenvalue weighted by molar-refractivity contribution is 0.0108. The van der Waals surface area contributed by atoms with Gasteiger partial charge in [0.15, 0.2) is 0 Å². The maximum Gasteiger partial charge on any atom is 0.342 e. The first kappa shape index (κ1) is 19.3. The number of carbonyl (C=O) groups excluding carboxylic acids is 1. The molecule has 1 fully saturated rings. The third-order valence-electron chi connectivity index (χ3n) is 5.40. The number of nitrogens with two attached hydrogens (primary N) is 1. The number of carbonyl (C=O) groups is 1. The van der Waals surface area contributed by atoms with E-state index in [1.165, 1.54) is 12.8 Å². The molecule has 1 unspecified atom stereocenters. The van der Waals surface area contributed by atoms with Gasteiger partial charge in [-0.25, -0.2) is 4.79 Å². The minimum absolute atomic E-state index is 0.0409. The number of nitrogens with zero attached hydrogens (tertiary/aromatic N) is 1. The Morgan fingerprint density at radius 2 is 2.12 bits per heavy atom. The third-order valence-corrected chi connectivity index (χ3v) is 5.71. The quantitative estimate of drug-likeness (QED) is 0.595. The molecule has 0 bridgehead atoms. The van der Waals surface area contributed by atoms with Crippen LogP contribution < -0.4 is 10.5 Å². The molecule has 0 spiro atoms. The van der Waals surface area contributed by atoms with Crippen LogP contribution in [-0.2, 0) is 11.2 Å². The topological polar surface area (TPSA) is 64.8 Å². The van der Waals surface area contributed by atoms with Crippen molar-refractivity contribution in [2.24, 2.45) is 0 Å². The van der Waals surface area contributed by atoms with E-state index in [0.717, 1.165) is 44.5 Å². The molecule has 6 heteroatoms. The zero-order valence-corrected chi connectivity index (χ0v) is 16.5. The van der Waals surface area contributed by atoms with Crippen LogP contribution in [0.5, 0.6) is 5.75 Å². The highest BCUT2D eigenvalue weighted by molar-refractivity contribution is 6.33. The summed E-state index contributed by atoms with van der Waals surface area (Å²) in [5, 5.41) is 0.394. The molecule has 1 saturated heterocycles. The Balaban J connectivity index is 1.66. The Labute approximate surface area is 160 Å². The van der Waals surface area contributed by atoms with Crippen molar-refractivity contribution >= 4 is 23.3 Å². The molecule has 2 aliphatic heterocycles. The smallest absolute Gasteiger partial charge is 0.342 e. The van der Waals surface area contributed by atoms with Crippen molar-refractivity contribution in [2.75, 3.05) is 25.4 Å². The van der Waals surface area contributed by atoms with Crippen molar-refractivity contribution in [1.82, 2.24) is 4.90 Å². The zero-order valence-electron chi connectivity index (χ0n) is 15.7. The second kappa shape index (κ2) is 8.49. The average Bonchev–Trinajstić information content (AvgIpc) is 3.08. The molecule has 0 aromatic heterocycles. The van der Waals surface area contributed by atoms with E-state index >= 15 is 0 Å². The van der Waals surface area contributed by atoms with Gasteiger partial charge in [0.2, 0.25) is 0 Å². The maximum atomic E-state index is 12.8. The Morgan fingerprint density at radius 3 is 2.77 bits per heavy atom. The third kappa shape index (κ3) is 4.09. The molecule has 5 nitrogen and oxygen atoms in total. The molecular weight excluding hydrogens is 352 g/mol. The van der Waals surface area contributed by atoms with E-state index in [2.05, 4.69) is 18.7 Å². The van der Waals surface area contributed by atoms with Gasteiger partial charge in [0.25, 0.3) is 0 Å². The molecule has 1 aromatic rings. The number of esters is 1. The fourth-order valence-corrected chi connectivity index (χ4v) is 3.92. The van der Waals surface area contributed by atoms with Crippen LogP contribution in [0.2, 0.25) is 5.02 Å². The van der Waals surface area contributed by atoms with Gasteiger partial charge >= 0.3 is 5.97 Å². The van der Waals surface area contributed by atoms with Crippen LogP contribution >= 0.6 is 11.6 Å². The number of anilines is 1. The number of halogens is 1. The van der Waals surface area contributed by atoms with Crippen molar-refractivity contribution in [3.8, 4) is 5.75 Å². The van der Waals surface area contributed by atoms with Gasteiger partial charge in [-0.05, 0) is 38.3 Å². The first-order valence-electron chi connectivity index (χ1n) is 9.74. The van der Waals surface area contributed by atoms with E-state index in [1.54, 1.807) is 6.07 Å². The highest BCUT2D eigenvalue weighted by Gasteiger charge is 2.32. The van der Waals surface area contributed by atoms with Gasteiger partial charge in [-0.15, -0.1) is 0 Å². The monoisotopic (exact) mass is 380 g/mol. The lowest BCUT2D eigenvalue weighted by Gasteiger charge is -2.31. The summed E-state index contributed by atoms with van der Waals surface area (Å²) in [6, 6.07) is 1.59. The average molecular weight is 381 g/mol. The van der Waals surface area contributed by atoms with Crippen LogP contribution in [0.1, 0.15) is 61.9 Å². The maximum absolute atomic E-state index is 12.8. The standard InChI is InChI=1S/C20H29ClN2O3/c1-3-5-8-23-9-6-14(7-10-23)26-20(24)16-12-17(21)18(22)15-11-13(4-2)25-19(15)16/h12-14H,3-11,22H2,1-2H3. The molecule has 0 amide bonds. The lowest BCUT2D eigenvalue weighted by atomic mass is 10.0. The van der Waals surface area contributed by atoms with Crippen LogP contribution in [0.4, 0.5) is 5.69 Å². The molecule has 1 aromatic carbocycles. The molecule has 2 N–H and O–H groups in total. The summed E-state index contributed by atoms with van der Waals surface area (Å²) < 4.78 is 11.7. The van der Waals surface area contributed by atoms with Crippen LogP contribution in [-0.4, -0.2) is 42.7 Å². The molecule has 0 radical (unpaired) electrons. The highest BCUT2D eigenvalue weighted by atomic mass is 35.5. The number of piperidine rings is 1. The van der Waals surface area contributed by atoms with Crippen molar-refractivity contribution in [3.63, 3.8) is 0 Å². The summed E-state index contributed by atoms with van der Waals surface area (Å²) in [4.78, 5) is 15.2. The summed E-state index contributed by atoms with van der Waals surface area (Å²) >= 11 is 6.25. The highest BCUT2D eigenvalue weighted by Crippen LogP contribution is 2.41. The number of ether oxygens (including phenoxy) is 2. The molecule has 144 valence electrons. The Morgan fingerprint density at radius 1 is 1.38 bits per heavy atom. The molecule has 3 rings (SSSR count). The Kier molecular flexibility index (Phi) is 6.30. The van der Waals surface area contributed by atoms with Gasteiger partial charge in [0, 0.05) is 25.1 Å². The molecule has 0 saturated carbocycles. The molecule has 2 aliphatic rings. The van der Waals surface area contributed by atoms with Crippen molar-refractivity contribution in [1.29, 1.82) is 0 Å². The Bertz CT molecular complexity index is 657. The minimum Gasteiger partial charge on any atom is -0.489 e. The summed E-state index contributed by atoms with van der Waals surface area (Å²) in [6.07, 6.45) is 5.71. The predicted molar refractivity (Wildman–Crippen MR) is 104 cm³/mol. The Hall–Kier alpha value is -1.46. The van der Waals surface area contributed by atoms with E-state index in [9.17, 15) is 4.79 Å². The van der Waals surface area contributed by atoms with E-state index in [4.69, 9.17) is 26.8 Å². The number of rotatable bonds is 6. The van der Waals surface area contributed by atoms with Crippen LogP contribution in [0.25, 0.3) is 0 Å². The second-order valence-electron chi connectivity index (χ2n) is 7.28. The SMILES string of the molecule is CCCCN1CCC(OC(=O)c2cc(Cl)c(N)c3c2OC(CC)C3)CC1. The van der Waals surface area contributed by atoms with Gasteiger partial charge < -0.3 is 20.1 Å². The second-order valence-corrected chi connectivity index (χ2v) is 7.69. The van der Waals surface area contributed by atoms with Crippen LogP contribution in [0, 0.1) is 0 Å². The predicted octanol–water partition coefficient (Wildman–Crippen LogP) is 4.06. The number of nitrogen functional groups attached to an aromatic ring is 1. The number of benzene rings is 1. The molecule has 2 heterocycles. The number of fused-ring (bicyclic) bond motifs is 1. The number of unbranched alkanes of at least 4 members (excludes halogenated alkanes) is 1. The van der Waals surface area contributed by atoms with Crippen LogP contribution in [0.3, 0.4) is 0 Å². The number of hydrogen-bond donors (Lipinski definition) is 1. The summed E-state index contributed by atoms with van der Waals surface area (Å²) in [7, 11) is 0.